The fourth-order valence-corrected chi connectivity index (χ4v) is 11.0. The van der Waals surface area contributed by atoms with Crippen LogP contribution in [0.3, 0.4) is 0 Å². The van der Waals surface area contributed by atoms with Crippen molar-refractivity contribution in [1.29, 1.82) is 0 Å². The molecule has 9 atom stereocenters. The molecule has 0 amide bonds. The molecule has 46 heavy (non-hydrogen) atoms. The van der Waals surface area contributed by atoms with Gasteiger partial charge in [-0.3, -0.25) is 24.0 Å². The standard InChI is InChI=1S/C32H47ClF3N5O4S/c1-18-13-23(29-28(37-18)25(16-46-29)31(43)44)22-14-20(33)3-6-27(22)45-12-11-41-19(2)38-26-5-4-21(15-24(26)30(41)42)40-9-7-39(8-10-40)17-32(34,35)36/h18,20-23,25,27-29,37H,3-17H2,1-2H3,(H,43,44). The summed E-state index contributed by atoms with van der Waals surface area (Å²) in [5.74, 6) is 0.701. The summed E-state index contributed by atoms with van der Waals surface area (Å²) in [6, 6.07) is 0.292. The quantitative estimate of drug-likeness (QED) is 0.397. The first-order valence-electron chi connectivity index (χ1n) is 16.9. The molecule has 0 aromatic carbocycles. The van der Waals surface area contributed by atoms with Crippen molar-refractivity contribution >= 4 is 29.3 Å². The first-order valence-corrected chi connectivity index (χ1v) is 18.3. The Kier molecular flexibility index (Phi) is 10.7. The number of aliphatic carboxylic acids is 1. The molecule has 9 nitrogen and oxygen atoms in total. The van der Waals surface area contributed by atoms with Crippen LogP contribution in [0.2, 0.25) is 0 Å². The van der Waals surface area contributed by atoms with Crippen LogP contribution in [0.1, 0.15) is 56.1 Å². The van der Waals surface area contributed by atoms with E-state index in [1.54, 1.807) is 16.3 Å². The number of nitrogens with one attached hydrogen (secondary N) is 1. The average molecular weight is 690 g/mol. The van der Waals surface area contributed by atoms with Crippen molar-refractivity contribution in [1.82, 2.24) is 24.7 Å². The number of hydrogen-bond acceptors (Lipinski definition) is 8. The molecule has 1 aromatic rings. The number of nitrogens with zero attached hydrogens (tertiary/aromatic N) is 4. The molecule has 3 aliphatic heterocycles. The number of halogens is 4. The number of rotatable bonds is 8. The summed E-state index contributed by atoms with van der Waals surface area (Å²) in [7, 11) is 0. The highest BCUT2D eigenvalue weighted by Gasteiger charge is 2.51. The number of fused-ring (bicyclic) bond motifs is 2. The highest BCUT2D eigenvalue weighted by Crippen LogP contribution is 2.48. The zero-order valence-electron chi connectivity index (χ0n) is 26.7. The lowest BCUT2D eigenvalue weighted by Gasteiger charge is -2.47. The Hall–Kier alpha value is -1.38. The molecule has 14 heteroatoms. The fraction of sp³-hybridized carbons (Fsp3) is 0.844. The highest BCUT2D eigenvalue weighted by atomic mass is 35.5. The van der Waals surface area contributed by atoms with Crippen LogP contribution in [0.25, 0.3) is 0 Å². The highest BCUT2D eigenvalue weighted by molar-refractivity contribution is 8.00. The van der Waals surface area contributed by atoms with Gasteiger partial charge < -0.3 is 15.2 Å². The summed E-state index contributed by atoms with van der Waals surface area (Å²) in [5.41, 5.74) is 1.53. The summed E-state index contributed by atoms with van der Waals surface area (Å²) in [4.78, 5) is 34.3. The number of piperidine rings is 1. The molecule has 0 radical (unpaired) electrons. The van der Waals surface area contributed by atoms with Gasteiger partial charge in [0.25, 0.3) is 5.56 Å². The van der Waals surface area contributed by atoms with Gasteiger partial charge in [-0.05, 0) is 70.6 Å². The maximum atomic E-state index is 13.8. The summed E-state index contributed by atoms with van der Waals surface area (Å²) in [6.45, 7) is 5.77. The van der Waals surface area contributed by atoms with Crippen LogP contribution in [0.15, 0.2) is 4.79 Å². The van der Waals surface area contributed by atoms with E-state index in [4.69, 9.17) is 21.3 Å². The number of ether oxygens (including phenoxy) is 1. The lowest BCUT2D eigenvalue weighted by atomic mass is 9.70. The van der Waals surface area contributed by atoms with E-state index in [-0.39, 0.29) is 52.3 Å². The van der Waals surface area contributed by atoms with Crippen molar-refractivity contribution in [2.45, 2.75) is 106 Å². The molecule has 258 valence electrons. The SMILES string of the molecule is Cc1nc2c(c(=O)n1CCOC1CCC(Cl)CC1C1CC(C)NC3C(C(=O)O)CSC13)CC(N1CCN(CC(F)(F)F)CC1)CC2. The number of alkyl halides is 4. The first-order chi connectivity index (χ1) is 21.9. The second kappa shape index (κ2) is 14.2. The maximum Gasteiger partial charge on any atom is 0.401 e. The van der Waals surface area contributed by atoms with Gasteiger partial charge in [0.05, 0.1) is 37.4 Å². The number of carboxylic acids is 1. The van der Waals surface area contributed by atoms with E-state index in [9.17, 15) is 27.9 Å². The smallest absolute Gasteiger partial charge is 0.401 e. The average Bonchev–Trinajstić information content (AvgIpc) is 3.43. The third-order valence-electron chi connectivity index (χ3n) is 11.1. The number of aryl methyl sites for hydroxylation is 2. The second-order valence-electron chi connectivity index (χ2n) is 14.1. The van der Waals surface area contributed by atoms with Crippen LogP contribution >= 0.6 is 23.4 Å². The number of aromatic nitrogens is 2. The van der Waals surface area contributed by atoms with Crippen LogP contribution in [0.5, 0.6) is 0 Å². The van der Waals surface area contributed by atoms with Gasteiger partial charge in [0.1, 0.15) is 5.82 Å². The van der Waals surface area contributed by atoms with Crippen molar-refractivity contribution in [3.63, 3.8) is 0 Å². The minimum atomic E-state index is -4.19. The summed E-state index contributed by atoms with van der Waals surface area (Å²) in [5, 5.41) is 13.7. The van der Waals surface area contributed by atoms with Gasteiger partial charge in [0, 0.05) is 66.2 Å². The number of thioether (sulfide) groups is 1. The molecular weight excluding hydrogens is 643 g/mol. The summed E-state index contributed by atoms with van der Waals surface area (Å²) < 4.78 is 46.9. The first kappa shape index (κ1) is 34.5. The molecule has 9 unspecified atom stereocenters. The molecular formula is C32H47ClF3N5O4S. The molecule has 2 aliphatic carbocycles. The molecule has 1 aromatic heterocycles. The number of carbonyl (C=O) groups is 1. The van der Waals surface area contributed by atoms with E-state index in [1.807, 2.05) is 6.92 Å². The zero-order chi connectivity index (χ0) is 32.7. The Morgan fingerprint density at radius 3 is 2.63 bits per heavy atom. The Balaban J connectivity index is 1.09. The Morgan fingerprint density at radius 2 is 1.91 bits per heavy atom. The van der Waals surface area contributed by atoms with Crippen molar-refractivity contribution in [2.75, 3.05) is 45.1 Å². The van der Waals surface area contributed by atoms with Gasteiger partial charge in [-0.1, -0.05) is 0 Å². The molecule has 0 bridgehead atoms. The van der Waals surface area contributed by atoms with Crippen LogP contribution in [-0.4, -0.2) is 117 Å². The lowest BCUT2D eigenvalue weighted by Crippen LogP contribution is -2.57. The van der Waals surface area contributed by atoms with Gasteiger partial charge in [-0.15, -0.1) is 11.6 Å². The monoisotopic (exact) mass is 689 g/mol. The minimum absolute atomic E-state index is 0.00239. The zero-order valence-corrected chi connectivity index (χ0v) is 28.3. The van der Waals surface area contributed by atoms with Crippen LogP contribution in [0.4, 0.5) is 13.2 Å². The molecule has 1 saturated carbocycles. The van der Waals surface area contributed by atoms with Crippen molar-refractivity contribution in [3.8, 4) is 0 Å². The molecule has 4 fully saturated rings. The third-order valence-corrected chi connectivity index (χ3v) is 13.1. The van der Waals surface area contributed by atoms with Crippen LogP contribution in [0, 0.1) is 24.7 Å². The molecule has 6 rings (SSSR count). The number of hydrogen-bond donors (Lipinski definition) is 2. The van der Waals surface area contributed by atoms with Gasteiger partial charge >= 0.3 is 12.1 Å². The number of piperazine rings is 1. The van der Waals surface area contributed by atoms with Crippen molar-refractivity contribution in [3.05, 3.63) is 27.4 Å². The van der Waals surface area contributed by atoms with E-state index in [1.165, 1.54) is 4.90 Å². The second-order valence-corrected chi connectivity index (χ2v) is 15.9. The van der Waals surface area contributed by atoms with Crippen LogP contribution < -0.4 is 10.9 Å². The topological polar surface area (TPSA) is 99.9 Å². The largest absolute Gasteiger partial charge is 0.481 e. The molecule has 0 spiro atoms. The van der Waals surface area contributed by atoms with E-state index < -0.39 is 18.7 Å². The molecule has 4 heterocycles. The van der Waals surface area contributed by atoms with E-state index in [2.05, 4.69) is 17.1 Å². The third kappa shape index (κ3) is 7.59. The Morgan fingerprint density at radius 1 is 1.15 bits per heavy atom. The van der Waals surface area contributed by atoms with Gasteiger partial charge in [0.15, 0.2) is 0 Å². The Bertz CT molecular complexity index is 1310. The van der Waals surface area contributed by atoms with Gasteiger partial charge in [-0.2, -0.15) is 24.9 Å². The molecule has 5 aliphatic rings. The predicted molar refractivity (Wildman–Crippen MR) is 172 cm³/mol. The van der Waals surface area contributed by atoms with E-state index in [0.29, 0.717) is 69.7 Å². The van der Waals surface area contributed by atoms with E-state index in [0.717, 1.165) is 43.4 Å². The van der Waals surface area contributed by atoms with Crippen molar-refractivity contribution < 1.29 is 27.8 Å². The maximum absolute atomic E-state index is 13.8. The summed E-state index contributed by atoms with van der Waals surface area (Å²) in [6.07, 6.45) is 1.42. The molecule has 2 N–H and O–H groups in total. The van der Waals surface area contributed by atoms with Crippen LogP contribution in [-0.2, 0) is 28.9 Å². The van der Waals surface area contributed by atoms with Gasteiger partial charge in [0.2, 0.25) is 0 Å². The molecule has 3 saturated heterocycles. The lowest BCUT2D eigenvalue weighted by molar-refractivity contribution is -0.150. The van der Waals surface area contributed by atoms with E-state index >= 15 is 0 Å². The normalized spacial score (nSPS) is 35.9. The fourth-order valence-electron chi connectivity index (χ4n) is 8.84. The number of carboxylic acid groups (broad SMARTS) is 1. The Labute approximate surface area is 277 Å². The van der Waals surface area contributed by atoms with Gasteiger partial charge in [-0.25, -0.2) is 4.98 Å². The summed E-state index contributed by atoms with van der Waals surface area (Å²) >= 11 is 8.49. The minimum Gasteiger partial charge on any atom is -0.481 e. The predicted octanol–water partition coefficient (Wildman–Crippen LogP) is 3.56. The van der Waals surface area contributed by atoms with Crippen molar-refractivity contribution in [2.24, 2.45) is 17.8 Å².